The molecule has 1 aromatic heterocycles. The molecule has 0 aliphatic heterocycles. The molecule has 3 aromatic rings. The summed E-state index contributed by atoms with van der Waals surface area (Å²) in [6.07, 6.45) is 3.85. The molecule has 0 fully saturated rings. The summed E-state index contributed by atoms with van der Waals surface area (Å²) in [5.41, 5.74) is 1.23. The van der Waals surface area contributed by atoms with Crippen molar-refractivity contribution in [1.29, 1.82) is 0 Å². The lowest BCUT2D eigenvalue weighted by Crippen LogP contribution is -2.19. The van der Waals surface area contributed by atoms with Crippen LogP contribution in [0.25, 0.3) is 0 Å². The van der Waals surface area contributed by atoms with Gasteiger partial charge in [-0.3, -0.25) is 4.79 Å². The average molecular weight is 326 g/mol. The molecule has 0 aliphatic rings. The zero-order valence-electron chi connectivity index (χ0n) is 12.8. The third-order valence-electron chi connectivity index (χ3n) is 3.73. The van der Waals surface area contributed by atoms with Crippen LogP contribution in [-0.4, -0.2) is 10.5 Å². The molecule has 24 heavy (non-hydrogen) atoms. The van der Waals surface area contributed by atoms with Gasteiger partial charge in [-0.05, 0) is 48.0 Å². The van der Waals surface area contributed by atoms with Crippen LogP contribution in [0.2, 0.25) is 0 Å². The second-order valence-electron chi connectivity index (χ2n) is 5.46. The summed E-state index contributed by atoms with van der Waals surface area (Å²) in [6, 6.07) is 15.3. The number of rotatable bonds is 5. The van der Waals surface area contributed by atoms with Crippen LogP contribution in [0.1, 0.15) is 18.0 Å². The maximum absolute atomic E-state index is 13.2. The van der Waals surface area contributed by atoms with E-state index < -0.39 is 5.82 Å². The van der Waals surface area contributed by atoms with Gasteiger partial charge >= 0.3 is 0 Å². The van der Waals surface area contributed by atoms with Crippen molar-refractivity contribution in [2.75, 3.05) is 5.32 Å². The molecule has 0 saturated heterocycles. The van der Waals surface area contributed by atoms with Gasteiger partial charge in [0, 0.05) is 18.1 Å². The highest BCUT2D eigenvalue weighted by atomic mass is 19.1. The molecule has 0 radical (unpaired) electrons. The fourth-order valence-electron chi connectivity index (χ4n) is 2.59. The molecule has 1 atom stereocenters. The summed E-state index contributed by atoms with van der Waals surface area (Å²) in [5, 5.41) is 2.69. The number of nitrogens with zero attached hydrogens (tertiary/aromatic N) is 1. The van der Waals surface area contributed by atoms with Gasteiger partial charge in [0.25, 0.3) is 0 Å². The van der Waals surface area contributed by atoms with Gasteiger partial charge in [-0.15, -0.1) is 0 Å². The normalized spacial score (nSPS) is 11.9. The number of aromatic nitrogens is 1. The molecule has 0 bridgehead atoms. The molecule has 1 N–H and O–H groups in total. The molecule has 3 nitrogen and oxygen atoms in total. The number of halogens is 2. The number of anilines is 1. The van der Waals surface area contributed by atoms with E-state index in [-0.39, 0.29) is 24.2 Å². The van der Waals surface area contributed by atoms with Crippen molar-refractivity contribution >= 4 is 11.6 Å². The van der Waals surface area contributed by atoms with Crippen molar-refractivity contribution in [2.45, 2.75) is 12.5 Å². The van der Waals surface area contributed by atoms with E-state index in [4.69, 9.17) is 0 Å². The first kappa shape index (κ1) is 15.9. The third kappa shape index (κ3) is 3.87. The van der Waals surface area contributed by atoms with E-state index in [0.29, 0.717) is 5.69 Å². The molecule has 122 valence electrons. The Morgan fingerprint density at radius 1 is 0.958 bits per heavy atom. The minimum atomic E-state index is -0.409. The van der Waals surface area contributed by atoms with Gasteiger partial charge in [-0.2, -0.15) is 0 Å². The van der Waals surface area contributed by atoms with Gasteiger partial charge in [0.15, 0.2) is 0 Å². The number of nitrogens with one attached hydrogen (secondary N) is 1. The molecule has 0 aliphatic carbocycles. The topological polar surface area (TPSA) is 34.0 Å². The first-order chi connectivity index (χ1) is 11.6. The zero-order chi connectivity index (χ0) is 16.9. The average Bonchev–Trinajstić information content (AvgIpc) is 3.08. The maximum atomic E-state index is 13.2. The molecule has 0 spiro atoms. The van der Waals surface area contributed by atoms with E-state index >= 15 is 0 Å². The standard InChI is InChI=1S/C19H16F2N2O/c20-15-8-6-14(7-9-15)18(23-10-1-2-11-23)13-19(24)22-17-5-3-4-16(21)12-17/h1-12,18H,13H2,(H,22,24)/t18-/m1/s1. The first-order valence-corrected chi connectivity index (χ1v) is 7.55. The third-order valence-corrected chi connectivity index (χ3v) is 3.73. The van der Waals surface area contributed by atoms with Crippen LogP contribution >= 0.6 is 0 Å². The lowest BCUT2D eigenvalue weighted by molar-refractivity contribution is -0.116. The molecule has 3 rings (SSSR count). The zero-order valence-corrected chi connectivity index (χ0v) is 12.8. The fourth-order valence-corrected chi connectivity index (χ4v) is 2.59. The van der Waals surface area contributed by atoms with Gasteiger partial charge in [-0.1, -0.05) is 18.2 Å². The number of carbonyl (C=O) groups excluding carboxylic acids is 1. The highest BCUT2D eigenvalue weighted by Gasteiger charge is 2.17. The molecular formula is C19H16F2N2O. The minimum absolute atomic E-state index is 0.150. The lowest BCUT2D eigenvalue weighted by atomic mass is 10.0. The summed E-state index contributed by atoms with van der Waals surface area (Å²) in [6.45, 7) is 0. The van der Waals surface area contributed by atoms with E-state index in [1.807, 2.05) is 29.1 Å². The van der Waals surface area contributed by atoms with Crippen LogP contribution in [0, 0.1) is 11.6 Å². The van der Waals surface area contributed by atoms with E-state index in [2.05, 4.69) is 5.32 Å². The van der Waals surface area contributed by atoms with Gasteiger partial charge in [-0.25, -0.2) is 8.78 Å². The largest absolute Gasteiger partial charge is 0.346 e. The predicted molar refractivity (Wildman–Crippen MR) is 88.6 cm³/mol. The van der Waals surface area contributed by atoms with Gasteiger partial charge in [0.1, 0.15) is 11.6 Å². The molecular weight excluding hydrogens is 310 g/mol. The smallest absolute Gasteiger partial charge is 0.226 e. The number of benzene rings is 2. The van der Waals surface area contributed by atoms with Crippen molar-refractivity contribution < 1.29 is 13.6 Å². The summed E-state index contributed by atoms with van der Waals surface area (Å²) >= 11 is 0. The SMILES string of the molecule is O=C(C[C@H](c1ccc(F)cc1)n1cccc1)Nc1cccc(F)c1. The van der Waals surface area contributed by atoms with Crippen LogP contribution in [-0.2, 0) is 4.79 Å². The first-order valence-electron chi connectivity index (χ1n) is 7.55. The molecule has 5 heteroatoms. The molecule has 0 unspecified atom stereocenters. The Hall–Kier alpha value is -2.95. The Morgan fingerprint density at radius 2 is 1.67 bits per heavy atom. The van der Waals surface area contributed by atoms with Crippen LogP contribution in [0.3, 0.4) is 0 Å². The van der Waals surface area contributed by atoms with Crippen molar-refractivity contribution in [2.24, 2.45) is 0 Å². The Bertz CT molecular complexity index is 814. The van der Waals surface area contributed by atoms with Crippen LogP contribution in [0.15, 0.2) is 73.1 Å². The quantitative estimate of drug-likeness (QED) is 0.741. The van der Waals surface area contributed by atoms with E-state index in [9.17, 15) is 13.6 Å². The lowest BCUT2D eigenvalue weighted by Gasteiger charge is -2.19. The number of amides is 1. The Morgan fingerprint density at radius 3 is 2.33 bits per heavy atom. The summed E-state index contributed by atoms with van der Waals surface area (Å²) < 4.78 is 28.3. The van der Waals surface area contributed by atoms with Crippen LogP contribution in [0.5, 0.6) is 0 Å². The summed E-state index contributed by atoms with van der Waals surface area (Å²) in [7, 11) is 0. The van der Waals surface area contributed by atoms with Gasteiger partial charge in [0.05, 0.1) is 12.5 Å². The number of hydrogen-bond acceptors (Lipinski definition) is 1. The van der Waals surface area contributed by atoms with Crippen molar-refractivity contribution in [3.05, 3.63) is 90.3 Å². The molecule has 1 heterocycles. The summed E-state index contributed by atoms with van der Waals surface area (Å²) in [5.74, 6) is -0.980. The Balaban J connectivity index is 1.79. The highest BCUT2D eigenvalue weighted by Crippen LogP contribution is 2.23. The van der Waals surface area contributed by atoms with Crippen molar-refractivity contribution in [3.63, 3.8) is 0 Å². The minimum Gasteiger partial charge on any atom is -0.346 e. The van der Waals surface area contributed by atoms with E-state index in [1.165, 1.54) is 30.3 Å². The van der Waals surface area contributed by atoms with E-state index in [0.717, 1.165) is 5.56 Å². The summed E-state index contributed by atoms with van der Waals surface area (Å²) in [4.78, 5) is 12.3. The highest BCUT2D eigenvalue weighted by molar-refractivity contribution is 5.91. The second kappa shape index (κ2) is 7.08. The monoisotopic (exact) mass is 326 g/mol. The molecule has 0 saturated carbocycles. The Kier molecular flexibility index (Phi) is 4.70. The van der Waals surface area contributed by atoms with Crippen LogP contribution in [0.4, 0.5) is 14.5 Å². The molecule has 2 aromatic carbocycles. The second-order valence-corrected chi connectivity index (χ2v) is 5.46. The molecule has 1 amide bonds. The Labute approximate surface area is 138 Å². The fraction of sp³-hybridized carbons (Fsp3) is 0.105. The van der Waals surface area contributed by atoms with Crippen molar-refractivity contribution in [1.82, 2.24) is 4.57 Å². The van der Waals surface area contributed by atoms with Crippen LogP contribution < -0.4 is 5.32 Å². The van der Waals surface area contributed by atoms with Gasteiger partial charge in [0.2, 0.25) is 5.91 Å². The van der Waals surface area contributed by atoms with Crippen molar-refractivity contribution in [3.8, 4) is 0 Å². The maximum Gasteiger partial charge on any atom is 0.226 e. The van der Waals surface area contributed by atoms with Gasteiger partial charge < -0.3 is 9.88 Å². The predicted octanol–water partition coefficient (Wildman–Crippen LogP) is 4.38. The number of hydrogen-bond donors (Lipinski definition) is 1. The van der Waals surface area contributed by atoms with E-state index in [1.54, 1.807) is 18.2 Å². The number of carbonyl (C=O) groups is 1.